The van der Waals surface area contributed by atoms with Gasteiger partial charge >= 0.3 is 0 Å². The maximum atomic E-state index is 11.4. The van der Waals surface area contributed by atoms with E-state index in [0.717, 1.165) is 36.3 Å². The molecule has 19 heavy (non-hydrogen) atoms. The maximum absolute atomic E-state index is 11.4. The first kappa shape index (κ1) is 12.9. The van der Waals surface area contributed by atoms with Crippen LogP contribution in [0, 0.1) is 5.92 Å². The smallest absolute Gasteiger partial charge is 0.228 e. The van der Waals surface area contributed by atoms with Crippen molar-refractivity contribution in [2.24, 2.45) is 5.92 Å². The summed E-state index contributed by atoms with van der Waals surface area (Å²) in [5, 5.41) is 2.81. The third-order valence-corrected chi connectivity index (χ3v) is 4.69. The number of ether oxygens (including phenoxy) is 1. The predicted molar refractivity (Wildman–Crippen MR) is 75.5 cm³/mol. The normalized spacial score (nSPS) is 27.2. The summed E-state index contributed by atoms with van der Waals surface area (Å²) in [6, 6.07) is 6.05. The fourth-order valence-corrected chi connectivity index (χ4v) is 3.51. The highest BCUT2D eigenvalue weighted by molar-refractivity contribution is 6.21. The average Bonchev–Trinajstić information content (AvgIpc) is 3.01. The Morgan fingerprint density at radius 2 is 2.37 bits per heavy atom. The average molecular weight is 280 g/mol. The zero-order valence-electron chi connectivity index (χ0n) is 11.0. The molecule has 0 radical (unpaired) electrons. The lowest BCUT2D eigenvalue weighted by Gasteiger charge is -2.22. The van der Waals surface area contributed by atoms with E-state index in [-0.39, 0.29) is 17.4 Å². The van der Waals surface area contributed by atoms with Crippen molar-refractivity contribution in [3.63, 3.8) is 0 Å². The van der Waals surface area contributed by atoms with Gasteiger partial charge in [0, 0.05) is 18.2 Å². The van der Waals surface area contributed by atoms with Gasteiger partial charge in [-0.05, 0) is 30.0 Å². The van der Waals surface area contributed by atoms with Crippen LogP contribution in [0.4, 0.5) is 5.69 Å². The van der Waals surface area contributed by atoms with Gasteiger partial charge < -0.3 is 10.1 Å². The number of benzene rings is 1. The van der Waals surface area contributed by atoms with Gasteiger partial charge in [-0.3, -0.25) is 4.79 Å². The molecular weight excluding hydrogens is 262 g/mol. The van der Waals surface area contributed by atoms with E-state index >= 15 is 0 Å². The minimum absolute atomic E-state index is 0.0338. The number of nitrogens with one attached hydrogen (secondary N) is 1. The third kappa shape index (κ3) is 2.37. The van der Waals surface area contributed by atoms with E-state index in [4.69, 9.17) is 16.3 Å². The summed E-state index contributed by atoms with van der Waals surface area (Å²) in [5.74, 6) is 0.434. The number of anilines is 1. The van der Waals surface area contributed by atoms with Crippen molar-refractivity contribution < 1.29 is 9.53 Å². The van der Waals surface area contributed by atoms with Crippen molar-refractivity contribution in [3.8, 4) is 0 Å². The Labute approximate surface area is 118 Å². The molecule has 1 aromatic rings. The summed E-state index contributed by atoms with van der Waals surface area (Å²) in [5.41, 5.74) is 3.08. The van der Waals surface area contributed by atoms with Crippen LogP contribution in [0.5, 0.6) is 0 Å². The van der Waals surface area contributed by atoms with Gasteiger partial charge in [-0.2, -0.15) is 0 Å². The zero-order valence-corrected chi connectivity index (χ0v) is 11.7. The lowest BCUT2D eigenvalue weighted by molar-refractivity contribution is -0.115. The number of fused-ring (bicyclic) bond motifs is 1. The Morgan fingerprint density at radius 3 is 3.16 bits per heavy atom. The van der Waals surface area contributed by atoms with Crippen LogP contribution in [0.3, 0.4) is 0 Å². The summed E-state index contributed by atoms with van der Waals surface area (Å²) >= 11 is 6.64. The topological polar surface area (TPSA) is 38.3 Å². The lowest BCUT2D eigenvalue weighted by atomic mass is 9.90. The molecule has 2 heterocycles. The molecule has 1 N–H and O–H groups in total. The number of rotatable bonds is 3. The highest BCUT2D eigenvalue weighted by Gasteiger charge is 2.34. The van der Waals surface area contributed by atoms with Gasteiger partial charge in [0.2, 0.25) is 5.91 Å². The minimum atomic E-state index is -0.0338. The van der Waals surface area contributed by atoms with Gasteiger partial charge in [-0.15, -0.1) is 11.6 Å². The van der Waals surface area contributed by atoms with Crippen molar-refractivity contribution in [2.45, 2.75) is 37.7 Å². The molecule has 102 valence electrons. The summed E-state index contributed by atoms with van der Waals surface area (Å²) in [6.07, 6.45) is 2.74. The van der Waals surface area contributed by atoms with Gasteiger partial charge in [0.1, 0.15) is 0 Å². The van der Waals surface area contributed by atoms with Gasteiger partial charge in [-0.1, -0.05) is 19.1 Å². The van der Waals surface area contributed by atoms with Crippen LogP contribution in [0.1, 0.15) is 36.3 Å². The molecule has 2 aliphatic rings. The second-order valence-corrected chi connectivity index (χ2v) is 5.78. The van der Waals surface area contributed by atoms with Crippen molar-refractivity contribution in [1.29, 1.82) is 0 Å². The van der Waals surface area contributed by atoms with E-state index in [1.807, 2.05) is 12.1 Å². The Balaban J connectivity index is 1.82. The molecule has 2 aliphatic heterocycles. The van der Waals surface area contributed by atoms with Crippen LogP contribution in [-0.4, -0.2) is 18.6 Å². The number of halogens is 1. The van der Waals surface area contributed by atoms with Crippen molar-refractivity contribution in [3.05, 3.63) is 29.3 Å². The Hall–Kier alpha value is -1.06. The first-order chi connectivity index (χ1) is 9.19. The molecule has 0 bridgehead atoms. The van der Waals surface area contributed by atoms with Crippen LogP contribution in [-0.2, 0) is 16.0 Å². The van der Waals surface area contributed by atoms with Gasteiger partial charge in [0.05, 0.1) is 17.9 Å². The molecule has 3 nitrogen and oxygen atoms in total. The summed E-state index contributed by atoms with van der Waals surface area (Å²) in [6.45, 7) is 2.94. The predicted octanol–water partition coefficient (Wildman–Crippen LogP) is 3.28. The first-order valence-corrected chi connectivity index (χ1v) is 7.31. The van der Waals surface area contributed by atoms with Crippen LogP contribution in [0.25, 0.3) is 0 Å². The maximum Gasteiger partial charge on any atom is 0.228 e. The van der Waals surface area contributed by atoms with Crippen molar-refractivity contribution in [2.75, 3.05) is 11.9 Å². The van der Waals surface area contributed by atoms with E-state index in [2.05, 4.69) is 18.3 Å². The Kier molecular flexibility index (Phi) is 3.50. The number of hydrogen-bond acceptors (Lipinski definition) is 2. The van der Waals surface area contributed by atoms with E-state index in [1.54, 1.807) is 0 Å². The van der Waals surface area contributed by atoms with Crippen molar-refractivity contribution in [1.82, 2.24) is 0 Å². The zero-order chi connectivity index (χ0) is 13.4. The quantitative estimate of drug-likeness (QED) is 0.863. The minimum Gasteiger partial charge on any atom is -0.378 e. The van der Waals surface area contributed by atoms with Crippen LogP contribution >= 0.6 is 11.6 Å². The largest absolute Gasteiger partial charge is 0.378 e. The van der Waals surface area contributed by atoms with E-state index < -0.39 is 0 Å². The van der Waals surface area contributed by atoms with Gasteiger partial charge in [0.25, 0.3) is 0 Å². The van der Waals surface area contributed by atoms with Crippen LogP contribution in [0.2, 0.25) is 0 Å². The monoisotopic (exact) mass is 279 g/mol. The molecule has 1 amide bonds. The second-order valence-electron chi connectivity index (χ2n) is 5.31. The van der Waals surface area contributed by atoms with E-state index in [0.29, 0.717) is 12.3 Å². The van der Waals surface area contributed by atoms with Gasteiger partial charge in [-0.25, -0.2) is 0 Å². The summed E-state index contributed by atoms with van der Waals surface area (Å²) in [7, 11) is 0. The van der Waals surface area contributed by atoms with E-state index in [9.17, 15) is 4.79 Å². The number of hydrogen-bond donors (Lipinski definition) is 1. The molecule has 3 unspecified atom stereocenters. The molecule has 0 aliphatic carbocycles. The molecule has 4 heteroatoms. The lowest BCUT2D eigenvalue weighted by Crippen LogP contribution is -2.19. The van der Waals surface area contributed by atoms with Crippen molar-refractivity contribution >= 4 is 23.2 Å². The fraction of sp³-hybridized carbons (Fsp3) is 0.533. The Morgan fingerprint density at radius 1 is 1.53 bits per heavy atom. The number of carbonyl (C=O) groups excluding carboxylic acids is 1. The first-order valence-electron chi connectivity index (χ1n) is 6.87. The Bertz CT molecular complexity index is 503. The molecule has 1 saturated heterocycles. The molecule has 3 rings (SSSR count). The molecule has 0 saturated carbocycles. The SMILES string of the molecule is CCC1OCCC1C(Cl)c1ccc2c(c1)CC(=O)N2. The number of amides is 1. The molecule has 1 fully saturated rings. The standard InChI is InChI=1S/C15H18ClNO2/c1-2-13-11(5-6-19-13)15(16)9-3-4-12-10(7-9)8-14(18)17-12/h3-4,7,11,13,15H,2,5-6,8H2,1H3,(H,17,18). The molecule has 3 atom stereocenters. The molecule has 0 aromatic heterocycles. The highest BCUT2D eigenvalue weighted by Crippen LogP contribution is 2.40. The van der Waals surface area contributed by atoms with Crippen LogP contribution in [0.15, 0.2) is 18.2 Å². The highest BCUT2D eigenvalue weighted by atomic mass is 35.5. The van der Waals surface area contributed by atoms with E-state index in [1.165, 1.54) is 0 Å². The second kappa shape index (κ2) is 5.14. The van der Waals surface area contributed by atoms with Gasteiger partial charge in [0.15, 0.2) is 0 Å². The fourth-order valence-electron chi connectivity index (χ4n) is 3.09. The number of carbonyl (C=O) groups is 1. The third-order valence-electron chi connectivity index (χ3n) is 4.11. The molecule has 1 aromatic carbocycles. The molecule has 0 spiro atoms. The summed E-state index contributed by atoms with van der Waals surface area (Å²) < 4.78 is 5.72. The molecular formula is C15H18ClNO2. The van der Waals surface area contributed by atoms with Crippen LogP contribution < -0.4 is 5.32 Å². The summed E-state index contributed by atoms with van der Waals surface area (Å²) in [4.78, 5) is 11.4. The number of alkyl halides is 1.